The Bertz CT molecular complexity index is 368. The fraction of sp³-hybridized carbons (Fsp3) is 0.643. The summed E-state index contributed by atoms with van der Waals surface area (Å²) in [5.41, 5.74) is 1.00. The van der Waals surface area contributed by atoms with Gasteiger partial charge in [0, 0.05) is 12.6 Å². The van der Waals surface area contributed by atoms with Crippen LogP contribution < -0.4 is 5.32 Å². The van der Waals surface area contributed by atoms with Crippen LogP contribution in [-0.2, 0) is 4.79 Å². The smallest absolute Gasteiger partial charge is 0.227 e. The molecule has 2 atom stereocenters. The number of aliphatic hydroxyl groups excluding tert-OH is 1. The van der Waals surface area contributed by atoms with Crippen LogP contribution in [0.4, 0.5) is 0 Å². The van der Waals surface area contributed by atoms with Gasteiger partial charge in [0.1, 0.15) is 0 Å². The van der Waals surface area contributed by atoms with E-state index in [0.717, 1.165) is 5.56 Å². The monoisotopic (exact) mass is 269 g/mol. The minimum atomic E-state index is -0.139. The van der Waals surface area contributed by atoms with Crippen LogP contribution in [-0.4, -0.2) is 23.7 Å². The molecule has 0 aromatic carbocycles. The highest BCUT2D eigenvalue weighted by Gasteiger charge is 2.27. The molecule has 2 unspecified atom stereocenters. The molecule has 2 N–H and O–H groups in total. The summed E-state index contributed by atoms with van der Waals surface area (Å²) < 4.78 is 0. The summed E-state index contributed by atoms with van der Waals surface area (Å²) in [5, 5.41) is 16.1. The molecule has 102 valence electrons. The standard InChI is InChI=1S/C14H23NO2S/c1-10(11-6-8-18-9-11)13(17)15-12(5-7-16)14(2,3)4/h6,8-10,12,16H,5,7H2,1-4H3,(H,15,17). The van der Waals surface area contributed by atoms with Gasteiger partial charge in [0.25, 0.3) is 0 Å². The lowest BCUT2D eigenvalue weighted by molar-refractivity contribution is -0.123. The van der Waals surface area contributed by atoms with Crippen molar-refractivity contribution in [2.75, 3.05) is 6.61 Å². The largest absolute Gasteiger partial charge is 0.396 e. The van der Waals surface area contributed by atoms with E-state index >= 15 is 0 Å². The van der Waals surface area contributed by atoms with Gasteiger partial charge >= 0.3 is 0 Å². The molecule has 0 aliphatic rings. The van der Waals surface area contributed by atoms with Crippen LogP contribution in [0.15, 0.2) is 16.8 Å². The zero-order chi connectivity index (χ0) is 13.8. The Hall–Kier alpha value is -0.870. The second-order valence-electron chi connectivity index (χ2n) is 5.72. The van der Waals surface area contributed by atoms with Gasteiger partial charge in [0.05, 0.1) is 5.92 Å². The molecule has 18 heavy (non-hydrogen) atoms. The first kappa shape index (κ1) is 15.2. The summed E-state index contributed by atoms with van der Waals surface area (Å²) in [6.45, 7) is 8.22. The lowest BCUT2D eigenvalue weighted by atomic mass is 9.84. The minimum absolute atomic E-state index is 0.00362. The lowest BCUT2D eigenvalue weighted by Crippen LogP contribution is -2.45. The van der Waals surface area contributed by atoms with Crippen molar-refractivity contribution in [2.45, 2.75) is 46.1 Å². The molecular formula is C14H23NO2S. The number of hydrogen-bond acceptors (Lipinski definition) is 3. The van der Waals surface area contributed by atoms with Crippen molar-refractivity contribution < 1.29 is 9.90 Å². The van der Waals surface area contributed by atoms with Crippen molar-refractivity contribution in [3.63, 3.8) is 0 Å². The van der Waals surface area contributed by atoms with Gasteiger partial charge in [0.2, 0.25) is 5.91 Å². The Kier molecular flexibility index (Phi) is 5.35. The van der Waals surface area contributed by atoms with Crippen LogP contribution in [0.25, 0.3) is 0 Å². The lowest BCUT2D eigenvalue weighted by Gasteiger charge is -2.32. The average molecular weight is 269 g/mol. The highest BCUT2D eigenvalue weighted by molar-refractivity contribution is 7.08. The van der Waals surface area contributed by atoms with E-state index in [1.807, 2.05) is 23.8 Å². The number of rotatable bonds is 5. The molecule has 0 aliphatic heterocycles. The van der Waals surface area contributed by atoms with Crippen molar-refractivity contribution in [1.82, 2.24) is 5.32 Å². The maximum absolute atomic E-state index is 12.2. The molecule has 0 saturated heterocycles. The van der Waals surface area contributed by atoms with E-state index in [1.165, 1.54) is 0 Å². The number of hydrogen-bond donors (Lipinski definition) is 2. The summed E-state index contributed by atoms with van der Waals surface area (Å²) >= 11 is 1.60. The molecule has 4 heteroatoms. The van der Waals surface area contributed by atoms with Gasteiger partial charge in [0.15, 0.2) is 0 Å². The van der Waals surface area contributed by atoms with E-state index in [2.05, 4.69) is 26.1 Å². The molecule has 0 spiro atoms. The van der Waals surface area contributed by atoms with E-state index in [-0.39, 0.29) is 29.9 Å². The van der Waals surface area contributed by atoms with Crippen LogP contribution in [0.2, 0.25) is 0 Å². The molecule has 0 fully saturated rings. The quantitative estimate of drug-likeness (QED) is 0.863. The van der Waals surface area contributed by atoms with Crippen molar-refractivity contribution >= 4 is 17.2 Å². The molecule has 1 aromatic heterocycles. The third-order valence-electron chi connectivity index (χ3n) is 3.22. The van der Waals surface area contributed by atoms with Crippen LogP contribution in [0.3, 0.4) is 0 Å². The molecule has 1 amide bonds. The van der Waals surface area contributed by atoms with Crippen molar-refractivity contribution in [2.24, 2.45) is 5.41 Å². The summed E-state index contributed by atoms with van der Waals surface area (Å²) in [6, 6.07) is 1.98. The first-order chi connectivity index (χ1) is 8.36. The molecule has 1 rings (SSSR count). The number of amides is 1. The van der Waals surface area contributed by atoms with Crippen LogP contribution in [0.1, 0.15) is 45.6 Å². The third-order valence-corrected chi connectivity index (χ3v) is 3.92. The summed E-state index contributed by atoms with van der Waals surface area (Å²) in [7, 11) is 0. The first-order valence-corrected chi connectivity index (χ1v) is 7.24. The van der Waals surface area contributed by atoms with Gasteiger partial charge in [-0.2, -0.15) is 11.3 Å². The Morgan fingerprint density at radius 3 is 2.61 bits per heavy atom. The maximum atomic E-state index is 12.2. The fourth-order valence-electron chi connectivity index (χ4n) is 1.82. The molecular weight excluding hydrogens is 246 g/mol. The molecule has 0 saturated carbocycles. The molecule has 1 heterocycles. The van der Waals surface area contributed by atoms with Crippen LogP contribution in [0, 0.1) is 5.41 Å². The number of carbonyl (C=O) groups excluding carboxylic acids is 1. The van der Waals surface area contributed by atoms with Gasteiger partial charge < -0.3 is 10.4 Å². The Morgan fingerprint density at radius 1 is 1.50 bits per heavy atom. The number of carbonyl (C=O) groups is 1. The van der Waals surface area contributed by atoms with Crippen molar-refractivity contribution in [3.05, 3.63) is 22.4 Å². The molecule has 0 radical (unpaired) electrons. The van der Waals surface area contributed by atoms with Crippen LogP contribution in [0.5, 0.6) is 0 Å². The van der Waals surface area contributed by atoms with Crippen molar-refractivity contribution in [1.29, 1.82) is 0 Å². The van der Waals surface area contributed by atoms with Gasteiger partial charge in [-0.3, -0.25) is 4.79 Å². The van der Waals surface area contributed by atoms with Gasteiger partial charge in [-0.1, -0.05) is 20.8 Å². The topological polar surface area (TPSA) is 49.3 Å². The summed E-state index contributed by atoms with van der Waals surface area (Å²) in [5.74, 6) is -0.110. The van der Waals surface area contributed by atoms with E-state index in [0.29, 0.717) is 6.42 Å². The highest BCUT2D eigenvalue weighted by Crippen LogP contribution is 2.24. The van der Waals surface area contributed by atoms with Crippen molar-refractivity contribution in [3.8, 4) is 0 Å². The second kappa shape index (κ2) is 6.34. The van der Waals surface area contributed by atoms with E-state index in [9.17, 15) is 4.79 Å². The predicted molar refractivity (Wildman–Crippen MR) is 75.8 cm³/mol. The van der Waals surface area contributed by atoms with Gasteiger partial charge in [-0.25, -0.2) is 0 Å². The Labute approximate surface area is 113 Å². The minimum Gasteiger partial charge on any atom is -0.396 e. The Morgan fingerprint density at radius 2 is 2.17 bits per heavy atom. The van der Waals surface area contributed by atoms with E-state index in [1.54, 1.807) is 11.3 Å². The number of nitrogens with one attached hydrogen (secondary N) is 1. The maximum Gasteiger partial charge on any atom is 0.227 e. The zero-order valence-corrected chi connectivity index (χ0v) is 12.4. The molecule has 1 aromatic rings. The average Bonchev–Trinajstić information content (AvgIpc) is 2.79. The number of aliphatic hydroxyl groups is 1. The highest BCUT2D eigenvalue weighted by atomic mass is 32.1. The summed E-state index contributed by atoms with van der Waals surface area (Å²) in [6.07, 6.45) is 0.589. The molecule has 0 aliphatic carbocycles. The third kappa shape index (κ3) is 4.10. The second-order valence-corrected chi connectivity index (χ2v) is 6.50. The van der Waals surface area contributed by atoms with E-state index in [4.69, 9.17) is 5.11 Å². The fourth-order valence-corrected chi connectivity index (χ4v) is 2.57. The normalized spacial score (nSPS) is 15.2. The summed E-state index contributed by atoms with van der Waals surface area (Å²) in [4.78, 5) is 12.2. The Balaban J connectivity index is 2.67. The van der Waals surface area contributed by atoms with E-state index < -0.39 is 0 Å². The predicted octanol–water partition coefficient (Wildman–Crippen LogP) is 2.76. The van der Waals surface area contributed by atoms with Gasteiger partial charge in [-0.15, -0.1) is 0 Å². The first-order valence-electron chi connectivity index (χ1n) is 6.29. The van der Waals surface area contributed by atoms with Crippen LogP contribution >= 0.6 is 11.3 Å². The number of thiophene rings is 1. The SMILES string of the molecule is CC(C(=O)NC(CCO)C(C)(C)C)c1ccsc1. The zero-order valence-electron chi connectivity index (χ0n) is 11.6. The van der Waals surface area contributed by atoms with Gasteiger partial charge in [-0.05, 0) is 41.1 Å². The molecule has 0 bridgehead atoms. The molecule has 3 nitrogen and oxygen atoms in total.